The van der Waals surface area contributed by atoms with Crippen molar-refractivity contribution in [2.24, 2.45) is 5.92 Å². The lowest BCUT2D eigenvalue weighted by atomic mass is 9.80. The van der Waals surface area contributed by atoms with Crippen molar-refractivity contribution in [3.8, 4) is 5.75 Å². The molecule has 0 aliphatic carbocycles. The van der Waals surface area contributed by atoms with Gasteiger partial charge in [0, 0.05) is 12.5 Å². The van der Waals surface area contributed by atoms with Crippen LogP contribution in [0.2, 0.25) is 0 Å². The zero-order valence-electron chi connectivity index (χ0n) is 11.1. The first-order valence-corrected chi connectivity index (χ1v) is 6.06. The maximum atomic E-state index is 10.8. The molecule has 0 bridgehead atoms. The van der Waals surface area contributed by atoms with E-state index >= 15 is 0 Å². The van der Waals surface area contributed by atoms with Crippen molar-refractivity contribution in [1.82, 2.24) is 4.90 Å². The molecule has 1 aromatic rings. The molecule has 0 fully saturated rings. The van der Waals surface area contributed by atoms with Crippen LogP contribution in [0.25, 0.3) is 0 Å². The molecule has 17 heavy (non-hydrogen) atoms. The summed E-state index contributed by atoms with van der Waals surface area (Å²) in [6.07, 6.45) is 0.630. The fourth-order valence-electron chi connectivity index (χ4n) is 2.31. The lowest BCUT2D eigenvalue weighted by Crippen LogP contribution is -2.38. The minimum atomic E-state index is -0.886. The van der Waals surface area contributed by atoms with Crippen molar-refractivity contribution < 1.29 is 10.2 Å². The van der Waals surface area contributed by atoms with Gasteiger partial charge in [0.1, 0.15) is 5.75 Å². The van der Waals surface area contributed by atoms with E-state index in [1.54, 1.807) is 18.2 Å². The second-order valence-corrected chi connectivity index (χ2v) is 4.99. The number of nitrogens with zero attached hydrogens (tertiary/aromatic N) is 1. The van der Waals surface area contributed by atoms with Gasteiger partial charge in [-0.2, -0.15) is 0 Å². The molecule has 0 amide bonds. The number of rotatable bonds is 5. The molecule has 0 saturated heterocycles. The van der Waals surface area contributed by atoms with E-state index in [1.165, 1.54) is 0 Å². The Morgan fingerprint density at radius 1 is 1.35 bits per heavy atom. The van der Waals surface area contributed by atoms with Crippen molar-refractivity contribution in [1.29, 1.82) is 0 Å². The average Bonchev–Trinajstić information content (AvgIpc) is 2.27. The second-order valence-electron chi connectivity index (χ2n) is 4.99. The zero-order chi connectivity index (χ0) is 13.1. The van der Waals surface area contributed by atoms with Gasteiger partial charge < -0.3 is 15.1 Å². The zero-order valence-corrected chi connectivity index (χ0v) is 11.1. The number of hydrogen-bond donors (Lipinski definition) is 2. The third-order valence-corrected chi connectivity index (χ3v) is 3.34. The van der Waals surface area contributed by atoms with Crippen LogP contribution in [0, 0.1) is 5.92 Å². The van der Waals surface area contributed by atoms with E-state index in [0.717, 1.165) is 12.1 Å². The Labute approximate surface area is 104 Å². The lowest BCUT2D eigenvalue weighted by Gasteiger charge is -2.35. The number of hydrogen-bond acceptors (Lipinski definition) is 3. The van der Waals surface area contributed by atoms with Crippen molar-refractivity contribution in [2.75, 3.05) is 20.6 Å². The standard InChI is InChI=1S/C14H23NO2/c1-5-14(17,11(2)10-15(3)4)12-7-6-8-13(16)9-12/h6-9,11,16-17H,5,10H2,1-4H3/t11-,14-/m1/s1. The molecule has 1 rings (SSSR count). The topological polar surface area (TPSA) is 43.7 Å². The summed E-state index contributed by atoms with van der Waals surface area (Å²) in [5, 5.41) is 20.3. The first kappa shape index (κ1) is 14.0. The van der Waals surface area contributed by atoms with Crippen molar-refractivity contribution >= 4 is 0 Å². The lowest BCUT2D eigenvalue weighted by molar-refractivity contribution is -0.0293. The minimum Gasteiger partial charge on any atom is -0.508 e. The Balaban J connectivity index is 3.02. The quantitative estimate of drug-likeness (QED) is 0.825. The van der Waals surface area contributed by atoms with Gasteiger partial charge in [0.25, 0.3) is 0 Å². The van der Waals surface area contributed by atoms with E-state index in [9.17, 15) is 10.2 Å². The van der Waals surface area contributed by atoms with Gasteiger partial charge in [-0.15, -0.1) is 0 Å². The summed E-state index contributed by atoms with van der Waals surface area (Å²) < 4.78 is 0. The largest absolute Gasteiger partial charge is 0.508 e. The molecule has 0 saturated carbocycles. The SMILES string of the molecule is CC[C@](O)(c1cccc(O)c1)[C@H](C)CN(C)C. The first-order valence-electron chi connectivity index (χ1n) is 6.06. The van der Waals surface area contributed by atoms with Gasteiger partial charge in [0.05, 0.1) is 5.60 Å². The third-order valence-electron chi connectivity index (χ3n) is 3.34. The molecule has 0 heterocycles. The van der Waals surface area contributed by atoms with Crippen LogP contribution in [-0.2, 0) is 5.60 Å². The fourth-order valence-corrected chi connectivity index (χ4v) is 2.31. The van der Waals surface area contributed by atoms with Crippen LogP contribution in [0.1, 0.15) is 25.8 Å². The van der Waals surface area contributed by atoms with E-state index in [1.807, 2.05) is 34.0 Å². The van der Waals surface area contributed by atoms with E-state index in [4.69, 9.17) is 0 Å². The average molecular weight is 237 g/mol. The normalized spacial score (nSPS) is 16.8. The molecule has 3 heteroatoms. The number of aliphatic hydroxyl groups is 1. The van der Waals surface area contributed by atoms with Gasteiger partial charge >= 0.3 is 0 Å². The highest BCUT2D eigenvalue weighted by Gasteiger charge is 2.34. The first-order chi connectivity index (χ1) is 7.90. The maximum absolute atomic E-state index is 10.8. The van der Waals surface area contributed by atoms with Gasteiger partial charge in [-0.1, -0.05) is 26.0 Å². The van der Waals surface area contributed by atoms with Gasteiger partial charge in [-0.25, -0.2) is 0 Å². The van der Waals surface area contributed by atoms with Crippen molar-refractivity contribution in [2.45, 2.75) is 25.9 Å². The van der Waals surface area contributed by atoms with Crippen LogP contribution in [0.3, 0.4) is 0 Å². The molecule has 0 aliphatic rings. The summed E-state index contributed by atoms with van der Waals surface area (Å²) in [4.78, 5) is 2.06. The van der Waals surface area contributed by atoms with Crippen LogP contribution < -0.4 is 0 Å². The third kappa shape index (κ3) is 3.20. The Morgan fingerprint density at radius 3 is 2.47 bits per heavy atom. The summed E-state index contributed by atoms with van der Waals surface area (Å²) in [7, 11) is 3.99. The highest BCUT2D eigenvalue weighted by molar-refractivity contribution is 5.31. The monoisotopic (exact) mass is 237 g/mol. The second kappa shape index (κ2) is 5.52. The molecule has 0 spiro atoms. The summed E-state index contributed by atoms with van der Waals surface area (Å²) in [6, 6.07) is 6.91. The Bertz CT molecular complexity index is 365. The molecule has 2 N–H and O–H groups in total. The summed E-state index contributed by atoms with van der Waals surface area (Å²) in [5.74, 6) is 0.302. The van der Waals surface area contributed by atoms with Crippen molar-refractivity contribution in [3.63, 3.8) is 0 Å². The highest BCUT2D eigenvalue weighted by Crippen LogP contribution is 2.34. The maximum Gasteiger partial charge on any atom is 0.115 e. The van der Waals surface area contributed by atoms with Crippen LogP contribution in [0.5, 0.6) is 5.75 Å². The molecule has 0 unspecified atom stereocenters. The van der Waals surface area contributed by atoms with Crippen LogP contribution in [-0.4, -0.2) is 35.8 Å². The predicted octanol–water partition coefficient (Wildman–Crippen LogP) is 2.19. The van der Waals surface area contributed by atoms with E-state index in [0.29, 0.717) is 6.42 Å². The summed E-state index contributed by atoms with van der Waals surface area (Å²) in [5.41, 5.74) is -0.0995. The molecule has 0 radical (unpaired) electrons. The number of aromatic hydroxyl groups is 1. The molecule has 0 aromatic heterocycles. The molecule has 1 aromatic carbocycles. The van der Waals surface area contributed by atoms with E-state index in [-0.39, 0.29) is 11.7 Å². The Kier molecular flexibility index (Phi) is 4.54. The van der Waals surface area contributed by atoms with Gasteiger partial charge in [-0.05, 0) is 38.2 Å². The van der Waals surface area contributed by atoms with Crippen LogP contribution in [0.15, 0.2) is 24.3 Å². The van der Waals surface area contributed by atoms with Crippen LogP contribution >= 0.6 is 0 Å². The van der Waals surface area contributed by atoms with Crippen LogP contribution in [0.4, 0.5) is 0 Å². The van der Waals surface area contributed by atoms with Gasteiger partial charge in [0.15, 0.2) is 0 Å². The minimum absolute atomic E-state index is 0.101. The summed E-state index contributed by atoms with van der Waals surface area (Å²) >= 11 is 0. The smallest absolute Gasteiger partial charge is 0.115 e. The highest BCUT2D eigenvalue weighted by atomic mass is 16.3. The summed E-state index contributed by atoms with van der Waals surface area (Å²) in [6.45, 7) is 4.81. The van der Waals surface area contributed by atoms with Gasteiger partial charge in [0.2, 0.25) is 0 Å². The van der Waals surface area contributed by atoms with Crippen molar-refractivity contribution in [3.05, 3.63) is 29.8 Å². The van der Waals surface area contributed by atoms with Gasteiger partial charge in [-0.3, -0.25) is 0 Å². The van der Waals surface area contributed by atoms with E-state index in [2.05, 4.69) is 4.90 Å². The molecule has 2 atom stereocenters. The Morgan fingerprint density at radius 2 is 2.00 bits per heavy atom. The molecule has 96 valence electrons. The number of phenolic OH excluding ortho intramolecular Hbond substituents is 1. The number of phenols is 1. The van der Waals surface area contributed by atoms with E-state index < -0.39 is 5.60 Å². The molecular weight excluding hydrogens is 214 g/mol. The Hall–Kier alpha value is -1.06. The molecule has 0 aliphatic heterocycles. The molecular formula is C14H23NO2. The molecule has 3 nitrogen and oxygen atoms in total. The number of benzene rings is 1. The fraction of sp³-hybridized carbons (Fsp3) is 0.571. The predicted molar refractivity (Wildman–Crippen MR) is 70.0 cm³/mol.